The van der Waals surface area contributed by atoms with Crippen LogP contribution in [0.5, 0.6) is 0 Å². The molecule has 2 aromatic rings. The SMILES string of the molecule is CC(=O)N[C@H](Cc1ccccc1)C(=O)N1CCC[C@H]1C(=O)N[C@@H](CCCn1ncnc1N)B1O[C@@H]2CC3CC(C3(C)C)[C@]2(C)O1. The van der Waals surface area contributed by atoms with Crippen LogP contribution < -0.4 is 16.4 Å². The van der Waals surface area contributed by atoms with E-state index in [4.69, 9.17) is 15.0 Å². The normalized spacial score (nSPS) is 29.4. The summed E-state index contributed by atoms with van der Waals surface area (Å²) in [6.07, 6.45) is 6.31. The van der Waals surface area contributed by atoms with E-state index in [1.807, 2.05) is 30.3 Å². The van der Waals surface area contributed by atoms with E-state index in [0.29, 0.717) is 63.0 Å². The third-order valence-corrected chi connectivity index (χ3v) is 11.0. The van der Waals surface area contributed by atoms with Crippen LogP contribution in [-0.2, 0) is 36.7 Å². The molecule has 13 heteroatoms. The minimum Gasteiger partial charge on any atom is -0.404 e. The zero-order chi connectivity index (χ0) is 31.9. The fourth-order valence-electron chi connectivity index (χ4n) is 8.33. The van der Waals surface area contributed by atoms with Crippen LogP contribution in [0.4, 0.5) is 5.95 Å². The highest BCUT2D eigenvalue weighted by Gasteiger charge is 2.68. The highest BCUT2D eigenvalue weighted by molar-refractivity contribution is 6.47. The molecule has 2 unspecified atom stereocenters. The van der Waals surface area contributed by atoms with E-state index in [9.17, 15) is 14.4 Å². The number of hydrogen-bond acceptors (Lipinski definition) is 8. The van der Waals surface area contributed by atoms with Gasteiger partial charge in [0.25, 0.3) is 0 Å². The third-order valence-electron chi connectivity index (χ3n) is 11.0. The molecule has 5 aliphatic rings. The van der Waals surface area contributed by atoms with Gasteiger partial charge in [0.15, 0.2) is 0 Å². The average Bonchev–Trinajstić information content (AvgIpc) is 3.74. The van der Waals surface area contributed by atoms with Crippen molar-refractivity contribution in [2.24, 2.45) is 17.3 Å². The van der Waals surface area contributed by atoms with E-state index in [-0.39, 0.29) is 29.2 Å². The minimum absolute atomic E-state index is 0.0226. The molecule has 0 spiro atoms. The minimum atomic E-state index is -0.762. The number of carbonyl (C=O) groups excluding carboxylic acids is 3. The lowest BCUT2D eigenvalue weighted by molar-refractivity contribution is -0.199. The molecule has 4 N–H and O–H groups in total. The van der Waals surface area contributed by atoms with Crippen LogP contribution in [0.15, 0.2) is 36.7 Å². The molecule has 5 fully saturated rings. The van der Waals surface area contributed by atoms with Crippen molar-refractivity contribution in [3.05, 3.63) is 42.2 Å². The van der Waals surface area contributed by atoms with Gasteiger partial charge in [0, 0.05) is 26.4 Å². The van der Waals surface area contributed by atoms with E-state index >= 15 is 0 Å². The number of nitrogens with one attached hydrogen (secondary N) is 2. The molecule has 3 aliphatic carbocycles. The van der Waals surface area contributed by atoms with Crippen LogP contribution in [-0.4, -0.2) is 80.8 Å². The maximum absolute atomic E-state index is 14.0. The Balaban J connectivity index is 1.17. The predicted molar refractivity (Wildman–Crippen MR) is 168 cm³/mol. The van der Waals surface area contributed by atoms with Crippen molar-refractivity contribution in [3.8, 4) is 0 Å². The number of likely N-dealkylation sites (tertiary alicyclic amines) is 1. The second-order valence-corrected chi connectivity index (χ2v) is 14.1. The Morgan fingerprint density at radius 2 is 1.93 bits per heavy atom. The lowest BCUT2D eigenvalue weighted by Crippen LogP contribution is -2.65. The molecule has 3 saturated carbocycles. The maximum atomic E-state index is 14.0. The van der Waals surface area contributed by atoms with Gasteiger partial charge in [-0.2, -0.15) is 5.10 Å². The molecule has 1 aromatic carbocycles. The number of aromatic nitrogens is 3. The van der Waals surface area contributed by atoms with E-state index in [1.54, 1.807) is 9.58 Å². The molecule has 2 bridgehead atoms. The first-order valence-electron chi connectivity index (χ1n) is 16.4. The summed E-state index contributed by atoms with van der Waals surface area (Å²) < 4.78 is 15.0. The van der Waals surface area contributed by atoms with Crippen molar-refractivity contribution in [2.75, 3.05) is 12.3 Å². The van der Waals surface area contributed by atoms with Gasteiger partial charge in [0.1, 0.15) is 18.4 Å². The molecule has 242 valence electrons. The molecule has 3 amide bonds. The second-order valence-electron chi connectivity index (χ2n) is 14.1. The third kappa shape index (κ3) is 6.08. The van der Waals surface area contributed by atoms with Crippen LogP contribution in [0.2, 0.25) is 0 Å². The van der Waals surface area contributed by atoms with Gasteiger partial charge in [-0.1, -0.05) is 44.2 Å². The maximum Gasteiger partial charge on any atom is 0.481 e. The highest BCUT2D eigenvalue weighted by Crippen LogP contribution is 2.65. The van der Waals surface area contributed by atoms with Crippen LogP contribution in [0.25, 0.3) is 0 Å². The van der Waals surface area contributed by atoms with Crippen LogP contribution in [0, 0.1) is 17.3 Å². The summed E-state index contributed by atoms with van der Waals surface area (Å²) in [5.74, 6) is 0.138. The largest absolute Gasteiger partial charge is 0.481 e. The van der Waals surface area contributed by atoms with Crippen molar-refractivity contribution in [1.29, 1.82) is 0 Å². The van der Waals surface area contributed by atoms with Gasteiger partial charge in [0.2, 0.25) is 23.7 Å². The summed E-state index contributed by atoms with van der Waals surface area (Å²) in [6, 6.07) is 8.17. The zero-order valence-electron chi connectivity index (χ0n) is 26.8. The van der Waals surface area contributed by atoms with Gasteiger partial charge in [-0.25, -0.2) is 9.67 Å². The number of rotatable bonds is 11. The average molecular weight is 620 g/mol. The smallest absolute Gasteiger partial charge is 0.404 e. The number of nitrogens with zero attached hydrogens (tertiary/aromatic N) is 4. The molecule has 1 aromatic heterocycles. The molecule has 2 aliphatic heterocycles. The molecule has 45 heavy (non-hydrogen) atoms. The van der Waals surface area contributed by atoms with Crippen molar-refractivity contribution >= 4 is 30.8 Å². The van der Waals surface area contributed by atoms with Crippen molar-refractivity contribution in [1.82, 2.24) is 30.3 Å². The summed E-state index contributed by atoms with van der Waals surface area (Å²) in [7, 11) is -0.608. The van der Waals surface area contributed by atoms with Gasteiger partial charge in [-0.3, -0.25) is 14.4 Å². The molecular formula is C32H46BN7O5. The van der Waals surface area contributed by atoms with E-state index in [1.165, 1.54) is 13.3 Å². The fraction of sp³-hybridized carbons (Fsp3) is 0.656. The first kappa shape index (κ1) is 31.5. The van der Waals surface area contributed by atoms with E-state index in [2.05, 4.69) is 41.5 Å². The molecular weight excluding hydrogens is 573 g/mol. The highest BCUT2D eigenvalue weighted by atomic mass is 16.7. The number of nitrogen functional groups attached to an aromatic ring is 1. The number of aryl methyl sites for hydroxylation is 1. The Kier molecular flexibility index (Phi) is 8.68. The molecule has 7 atom stereocenters. The zero-order valence-corrected chi connectivity index (χ0v) is 26.8. The fourth-order valence-corrected chi connectivity index (χ4v) is 8.33. The van der Waals surface area contributed by atoms with E-state index in [0.717, 1.165) is 18.4 Å². The number of amides is 3. The topological polar surface area (TPSA) is 154 Å². The van der Waals surface area contributed by atoms with Gasteiger partial charge >= 0.3 is 7.12 Å². The molecule has 12 nitrogen and oxygen atoms in total. The number of anilines is 1. The Morgan fingerprint density at radius 1 is 1.16 bits per heavy atom. The van der Waals surface area contributed by atoms with Gasteiger partial charge in [-0.05, 0) is 68.3 Å². The van der Waals surface area contributed by atoms with Crippen LogP contribution >= 0.6 is 0 Å². The lowest BCUT2D eigenvalue weighted by atomic mass is 9.43. The standard InChI is InChI=1S/C32H46BN7O5/c1-20(41)37-23(16-21-10-6-5-7-11-21)29(43)39-14-8-12-24(39)28(42)38-27(13-9-15-40-30(34)35-19-36-40)33-44-26-18-22-17-25(31(22,2)3)32(26,4)45-33/h5-7,10-11,19,22-27H,8-9,12-18H2,1-4H3,(H,37,41)(H,38,42)(H2,34,35,36)/t22?,23-,24+,25?,26-,27+,32+/m1/s1. The summed E-state index contributed by atoms with van der Waals surface area (Å²) >= 11 is 0. The van der Waals surface area contributed by atoms with Crippen LogP contribution in [0.3, 0.4) is 0 Å². The molecule has 3 heterocycles. The first-order chi connectivity index (χ1) is 21.5. The molecule has 0 radical (unpaired) electrons. The Labute approximate surface area is 265 Å². The lowest BCUT2D eigenvalue weighted by Gasteiger charge is -2.64. The first-order valence-corrected chi connectivity index (χ1v) is 16.4. The van der Waals surface area contributed by atoms with Crippen molar-refractivity contribution in [3.63, 3.8) is 0 Å². The molecule has 2 saturated heterocycles. The monoisotopic (exact) mass is 619 g/mol. The number of carbonyl (C=O) groups is 3. The quantitative estimate of drug-likeness (QED) is 0.324. The Hall–Kier alpha value is -3.45. The number of hydrogen-bond donors (Lipinski definition) is 3. The number of nitrogens with two attached hydrogens (primary N) is 1. The van der Waals surface area contributed by atoms with Crippen molar-refractivity contribution < 1.29 is 23.7 Å². The van der Waals surface area contributed by atoms with E-state index < -0.39 is 30.7 Å². The molecule has 7 rings (SSSR count). The van der Waals surface area contributed by atoms with Gasteiger partial charge in [0.05, 0.1) is 17.6 Å². The summed E-state index contributed by atoms with van der Waals surface area (Å²) in [5.41, 5.74) is 6.65. The number of benzene rings is 1. The van der Waals surface area contributed by atoms with Gasteiger partial charge in [-0.15, -0.1) is 0 Å². The predicted octanol–water partition coefficient (Wildman–Crippen LogP) is 2.13. The van der Waals surface area contributed by atoms with Crippen LogP contribution in [0.1, 0.15) is 71.8 Å². The van der Waals surface area contributed by atoms with Crippen molar-refractivity contribution in [2.45, 2.75) is 109 Å². The van der Waals surface area contributed by atoms with Gasteiger partial charge < -0.3 is 30.6 Å². The summed E-state index contributed by atoms with van der Waals surface area (Å²) in [5, 5.41) is 10.2. The Bertz CT molecular complexity index is 1410. The summed E-state index contributed by atoms with van der Waals surface area (Å²) in [6.45, 7) is 9.21. The summed E-state index contributed by atoms with van der Waals surface area (Å²) in [4.78, 5) is 45.5. The second kappa shape index (κ2) is 12.4. The Morgan fingerprint density at radius 3 is 2.62 bits per heavy atom.